The minimum atomic E-state index is 0.426. The van der Waals surface area contributed by atoms with Crippen molar-refractivity contribution in [1.82, 2.24) is 0 Å². The molecule has 1 saturated heterocycles. The van der Waals surface area contributed by atoms with E-state index in [9.17, 15) is 0 Å². The molecule has 3 rings (SSSR count). The van der Waals surface area contributed by atoms with Crippen molar-refractivity contribution in [1.29, 1.82) is 0 Å². The number of hydrogen-bond donors (Lipinski definition) is 0. The molecule has 0 saturated carbocycles. The van der Waals surface area contributed by atoms with Crippen molar-refractivity contribution in [3.8, 4) is 0 Å². The van der Waals surface area contributed by atoms with Crippen LogP contribution in [0.15, 0.2) is 72.8 Å². The van der Waals surface area contributed by atoms with Gasteiger partial charge < -0.3 is 9.47 Å². The van der Waals surface area contributed by atoms with Gasteiger partial charge in [0.05, 0.1) is 13.2 Å². The summed E-state index contributed by atoms with van der Waals surface area (Å²) < 4.78 is 9.56. The quantitative estimate of drug-likeness (QED) is 0.552. The predicted molar refractivity (Wildman–Crippen MR) is 113 cm³/mol. The van der Waals surface area contributed by atoms with Crippen LogP contribution in [0.1, 0.15) is 48.0 Å². The van der Waals surface area contributed by atoms with Crippen molar-refractivity contribution in [3.05, 3.63) is 72.8 Å². The summed E-state index contributed by atoms with van der Waals surface area (Å²) in [6.07, 6.45) is 1.68. The second-order valence-electron chi connectivity index (χ2n) is 4.43. The summed E-state index contributed by atoms with van der Waals surface area (Å²) in [5, 5.41) is 0. The number of benzene rings is 2. The molecular formula is C23H40O2. The molecule has 0 aromatic heterocycles. The molecule has 2 nitrogen and oxygen atoms in total. The van der Waals surface area contributed by atoms with E-state index in [-0.39, 0.29) is 0 Å². The van der Waals surface area contributed by atoms with E-state index in [1.807, 2.05) is 100 Å². The van der Waals surface area contributed by atoms with Crippen LogP contribution in [0.3, 0.4) is 0 Å². The van der Waals surface area contributed by atoms with Crippen molar-refractivity contribution in [2.45, 2.75) is 54.1 Å². The fourth-order valence-electron chi connectivity index (χ4n) is 1.12. The molecule has 0 spiro atoms. The zero-order valence-corrected chi connectivity index (χ0v) is 17.4. The Hall–Kier alpha value is -1.64. The maximum Gasteiger partial charge on any atom is 0.104 e. The average molecular weight is 349 g/mol. The lowest BCUT2D eigenvalue weighted by Gasteiger charge is -1.84. The average Bonchev–Trinajstić information content (AvgIpc) is 3.54. The Morgan fingerprint density at radius 1 is 0.680 bits per heavy atom. The summed E-state index contributed by atoms with van der Waals surface area (Å²) in [6, 6.07) is 24.0. The van der Waals surface area contributed by atoms with Gasteiger partial charge in [0.25, 0.3) is 0 Å². The number of rotatable bonds is 2. The maximum absolute atomic E-state index is 4.82. The largest absolute Gasteiger partial charge is 0.382 e. The predicted octanol–water partition coefficient (Wildman–Crippen LogP) is 6.87. The molecule has 1 atom stereocenters. The molecule has 1 fully saturated rings. The third-order valence-electron chi connectivity index (χ3n) is 2.09. The van der Waals surface area contributed by atoms with Crippen LogP contribution in [0.2, 0.25) is 0 Å². The van der Waals surface area contributed by atoms with Crippen molar-refractivity contribution in [2.24, 2.45) is 0 Å². The van der Waals surface area contributed by atoms with Crippen LogP contribution >= 0.6 is 0 Å². The summed E-state index contributed by atoms with van der Waals surface area (Å²) in [5.74, 6) is 0. The van der Waals surface area contributed by atoms with Gasteiger partial charge in [0.1, 0.15) is 6.10 Å². The first-order valence-corrected chi connectivity index (χ1v) is 9.45. The minimum Gasteiger partial charge on any atom is -0.382 e. The van der Waals surface area contributed by atoms with Gasteiger partial charge in [-0.2, -0.15) is 0 Å². The molecule has 1 aliphatic rings. The minimum absolute atomic E-state index is 0.426. The van der Waals surface area contributed by atoms with Gasteiger partial charge in [0.15, 0.2) is 0 Å². The molecule has 2 heteroatoms. The molecule has 0 N–H and O–H groups in total. The first-order chi connectivity index (χ1) is 12.3. The Balaban J connectivity index is -0.000000248. The van der Waals surface area contributed by atoms with E-state index in [0.717, 1.165) is 13.2 Å². The highest BCUT2D eigenvalue weighted by molar-refractivity contribution is 4.99. The number of hydrogen-bond acceptors (Lipinski definition) is 2. The summed E-state index contributed by atoms with van der Waals surface area (Å²) in [4.78, 5) is 0. The van der Waals surface area contributed by atoms with Gasteiger partial charge in [-0.15, -0.1) is 0 Å². The third kappa shape index (κ3) is 34.6. The van der Waals surface area contributed by atoms with Crippen molar-refractivity contribution < 1.29 is 9.47 Å². The molecular weight excluding hydrogens is 308 g/mol. The third-order valence-corrected chi connectivity index (χ3v) is 2.09. The van der Waals surface area contributed by atoms with Crippen LogP contribution in [-0.2, 0) is 9.47 Å². The molecule has 1 unspecified atom stereocenters. The first-order valence-electron chi connectivity index (χ1n) is 9.45. The zero-order valence-electron chi connectivity index (χ0n) is 17.4. The maximum atomic E-state index is 4.82. The summed E-state index contributed by atoms with van der Waals surface area (Å²) >= 11 is 0. The van der Waals surface area contributed by atoms with Crippen molar-refractivity contribution in [3.63, 3.8) is 0 Å². The second-order valence-corrected chi connectivity index (χ2v) is 4.43. The van der Waals surface area contributed by atoms with Crippen molar-refractivity contribution >= 4 is 0 Å². The molecule has 0 radical (unpaired) electrons. The van der Waals surface area contributed by atoms with Crippen LogP contribution < -0.4 is 0 Å². The lowest BCUT2D eigenvalue weighted by atomic mass is 10.4. The van der Waals surface area contributed by atoms with Gasteiger partial charge in [-0.1, -0.05) is 121 Å². The Kier molecular flexibility index (Phi) is 34.1. The van der Waals surface area contributed by atoms with Crippen LogP contribution in [0.4, 0.5) is 0 Å². The highest BCUT2D eigenvalue weighted by Crippen LogP contribution is 2.06. The number of methoxy groups -OCH3 is 1. The molecule has 0 aliphatic carbocycles. The summed E-state index contributed by atoms with van der Waals surface area (Å²) in [7, 11) is 1.68. The molecule has 144 valence electrons. The second kappa shape index (κ2) is 30.3. The molecule has 0 amide bonds. The van der Waals surface area contributed by atoms with Crippen LogP contribution in [0.5, 0.6) is 0 Å². The van der Waals surface area contributed by atoms with Gasteiger partial charge in [0, 0.05) is 7.11 Å². The fraction of sp³-hybridized carbons (Fsp3) is 0.478. The molecule has 1 heterocycles. The van der Waals surface area contributed by atoms with Crippen LogP contribution in [0, 0.1) is 0 Å². The smallest absolute Gasteiger partial charge is 0.104 e. The summed E-state index contributed by atoms with van der Waals surface area (Å²) in [6.45, 7) is 13.9. The standard InChI is InChI=1S/2C6H6.C4H8O2.C3H8.2C2H6/c2*1-2-4-6-5-3-1;1-5-2-4-3-6-4;1-3-2;2*1-2/h2*1-6H;4H,2-3H2,1H3;3H2,1-2H3;2*1-2H3. The van der Waals surface area contributed by atoms with E-state index < -0.39 is 0 Å². The zero-order chi connectivity index (χ0) is 19.6. The monoisotopic (exact) mass is 348 g/mol. The molecule has 25 heavy (non-hydrogen) atoms. The van der Waals surface area contributed by atoms with Gasteiger partial charge >= 0.3 is 0 Å². The Bertz CT molecular complexity index is 287. The van der Waals surface area contributed by atoms with Gasteiger partial charge in [0.2, 0.25) is 0 Å². The van der Waals surface area contributed by atoms with E-state index in [0.29, 0.717) is 6.10 Å². The van der Waals surface area contributed by atoms with Crippen molar-refractivity contribution in [2.75, 3.05) is 20.3 Å². The van der Waals surface area contributed by atoms with Gasteiger partial charge in [-0.05, 0) is 0 Å². The molecule has 0 bridgehead atoms. The Morgan fingerprint density at radius 3 is 0.960 bits per heavy atom. The van der Waals surface area contributed by atoms with Gasteiger partial charge in [-0.3, -0.25) is 0 Å². The number of ether oxygens (including phenoxy) is 2. The normalized spacial score (nSPS) is 12.4. The highest BCUT2D eigenvalue weighted by Gasteiger charge is 2.21. The van der Waals surface area contributed by atoms with Crippen LogP contribution in [-0.4, -0.2) is 26.4 Å². The first kappa shape index (κ1) is 28.2. The van der Waals surface area contributed by atoms with E-state index in [2.05, 4.69) is 13.8 Å². The Labute approximate surface area is 157 Å². The van der Waals surface area contributed by atoms with E-state index in [1.165, 1.54) is 6.42 Å². The topological polar surface area (TPSA) is 21.8 Å². The SMILES string of the molecule is CC.CC.CCC.COCC1CO1.c1ccccc1.c1ccccc1. The van der Waals surface area contributed by atoms with E-state index in [4.69, 9.17) is 9.47 Å². The Morgan fingerprint density at radius 2 is 0.880 bits per heavy atom. The molecule has 1 aliphatic heterocycles. The summed E-state index contributed by atoms with van der Waals surface area (Å²) in [5.41, 5.74) is 0. The highest BCUT2D eigenvalue weighted by atomic mass is 16.6. The molecule has 2 aromatic rings. The number of epoxide rings is 1. The fourth-order valence-corrected chi connectivity index (χ4v) is 1.12. The molecule has 2 aromatic carbocycles. The lowest BCUT2D eigenvalue weighted by molar-refractivity contribution is 0.171. The lowest BCUT2D eigenvalue weighted by Crippen LogP contribution is -1.94. The van der Waals surface area contributed by atoms with E-state index in [1.54, 1.807) is 7.11 Å². The van der Waals surface area contributed by atoms with Crippen LogP contribution in [0.25, 0.3) is 0 Å². The van der Waals surface area contributed by atoms with E-state index >= 15 is 0 Å². The van der Waals surface area contributed by atoms with Gasteiger partial charge in [-0.25, -0.2) is 0 Å².